The molecule has 0 aromatic rings. The number of β-amino-alcohol motifs (C(OH)–C–C–N with tert-alkyl or cyclic N) is 1. The molecule has 2 fully saturated rings. The predicted octanol–water partition coefficient (Wildman–Crippen LogP) is 0.631. The van der Waals surface area contributed by atoms with Gasteiger partial charge in [0, 0.05) is 13.1 Å². The van der Waals surface area contributed by atoms with Crippen LogP contribution in [0.4, 0.5) is 0 Å². The molecular formula is C12H22N2O2. The van der Waals surface area contributed by atoms with Gasteiger partial charge in [-0.05, 0) is 19.3 Å². The van der Waals surface area contributed by atoms with E-state index in [9.17, 15) is 9.90 Å². The van der Waals surface area contributed by atoms with Crippen molar-refractivity contribution >= 4 is 5.91 Å². The van der Waals surface area contributed by atoms with E-state index in [2.05, 4.69) is 0 Å². The van der Waals surface area contributed by atoms with Crippen molar-refractivity contribution in [3.05, 3.63) is 0 Å². The second-order valence-electron chi connectivity index (χ2n) is 5.29. The molecule has 1 amide bonds. The lowest BCUT2D eigenvalue weighted by atomic mass is 9.94. The Morgan fingerprint density at radius 3 is 2.44 bits per heavy atom. The Bertz CT molecular complexity index is 260. The fraction of sp³-hybridized carbons (Fsp3) is 0.917. The predicted molar refractivity (Wildman–Crippen MR) is 61.8 cm³/mol. The van der Waals surface area contributed by atoms with E-state index in [4.69, 9.17) is 5.73 Å². The van der Waals surface area contributed by atoms with Gasteiger partial charge in [-0.3, -0.25) is 4.79 Å². The van der Waals surface area contributed by atoms with E-state index in [-0.39, 0.29) is 11.9 Å². The van der Waals surface area contributed by atoms with Crippen LogP contribution in [-0.2, 0) is 4.79 Å². The van der Waals surface area contributed by atoms with Gasteiger partial charge >= 0.3 is 0 Å². The molecule has 0 radical (unpaired) electrons. The highest BCUT2D eigenvalue weighted by Gasteiger charge is 2.36. The van der Waals surface area contributed by atoms with E-state index in [0.717, 1.165) is 32.1 Å². The number of amides is 1. The van der Waals surface area contributed by atoms with Gasteiger partial charge in [0.15, 0.2) is 0 Å². The SMILES string of the molecule is NC1CCN(CC2(O)CCCCCC2)C1=O. The normalized spacial score (nSPS) is 30.5. The molecule has 1 heterocycles. The van der Waals surface area contributed by atoms with Crippen molar-refractivity contribution in [1.82, 2.24) is 4.90 Å². The number of nitrogens with zero attached hydrogens (tertiary/aromatic N) is 1. The average molecular weight is 226 g/mol. The largest absolute Gasteiger partial charge is 0.388 e. The summed E-state index contributed by atoms with van der Waals surface area (Å²) < 4.78 is 0. The quantitative estimate of drug-likeness (QED) is 0.679. The fourth-order valence-electron chi connectivity index (χ4n) is 2.82. The zero-order chi connectivity index (χ0) is 11.6. The molecule has 1 unspecified atom stereocenters. The summed E-state index contributed by atoms with van der Waals surface area (Å²) >= 11 is 0. The molecule has 2 rings (SSSR count). The number of aliphatic hydroxyl groups is 1. The smallest absolute Gasteiger partial charge is 0.239 e. The second-order valence-corrected chi connectivity index (χ2v) is 5.29. The fourth-order valence-corrected chi connectivity index (χ4v) is 2.82. The topological polar surface area (TPSA) is 66.6 Å². The number of hydrogen-bond donors (Lipinski definition) is 2. The summed E-state index contributed by atoms with van der Waals surface area (Å²) in [7, 11) is 0. The van der Waals surface area contributed by atoms with Crippen molar-refractivity contribution in [2.75, 3.05) is 13.1 Å². The van der Waals surface area contributed by atoms with Crippen LogP contribution in [0.15, 0.2) is 0 Å². The lowest BCUT2D eigenvalue weighted by Gasteiger charge is -2.31. The minimum absolute atomic E-state index is 0.0117. The van der Waals surface area contributed by atoms with Crippen LogP contribution in [0.1, 0.15) is 44.9 Å². The first-order valence-electron chi connectivity index (χ1n) is 6.37. The van der Waals surface area contributed by atoms with Gasteiger partial charge in [0.2, 0.25) is 5.91 Å². The van der Waals surface area contributed by atoms with E-state index in [0.29, 0.717) is 13.1 Å². The highest BCUT2D eigenvalue weighted by atomic mass is 16.3. The van der Waals surface area contributed by atoms with E-state index >= 15 is 0 Å². The first kappa shape index (κ1) is 11.9. The van der Waals surface area contributed by atoms with Gasteiger partial charge in [0.1, 0.15) is 0 Å². The van der Waals surface area contributed by atoms with E-state index < -0.39 is 5.60 Å². The Hall–Kier alpha value is -0.610. The van der Waals surface area contributed by atoms with Gasteiger partial charge in [-0.15, -0.1) is 0 Å². The summed E-state index contributed by atoms with van der Waals surface area (Å²) in [6.07, 6.45) is 6.94. The van der Waals surface area contributed by atoms with Crippen LogP contribution < -0.4 is 5.73 Å². The maximum atomic E-state index is 11.7. The molecule has 0 aromatic carbocycles. The van der Waals surface area contributed by atoms with Crippen LogP contribution in [0.3, 0.4) is 0 Å². The molecule has 1 saturated carbocycles. The molecule has 0 spiro atoms. The Kier molecular flexibility index (Phi) is 3.50. The van der Waals surface area contributed by atoms with Crippen molar-refractivity contribution in [1.29, 1.82) is 0 Å². The average Bonchev–Trinajstić information content (AvgIpc) is 2.47. The number of carbonyl (C=O) groups is 1. The van der Waals surface area contributed by atoms with Gasteiger partial charge in [-0.25, -0.2) is 0 Å². The molecule has 2 aliphatic rings. The lowest BCUT2D eigenvalue weighted by molar-refractivity contribution is -0.132. The molecule has 4 heteroatoms. The highest BCUT2D eigenvalue weighted by Crippen LogP contribution is 2.28. The third-order valence-corrected chi connectivity index (χ3v) is 3.86. The van der Waals surface area contributed by atoms with Gasteiger partial charge in [-0.2, -0.15) is 0 Å². The zero-order valence-electron chi connectivity index (χ0n) is 9.82. The number of hydrogen-bond acceptors (Lipinski definition) is 3. The van der Waals surface area contributed by atoms with Gasteiger partial charge in [0.25, 0.3) is 0 Å². The summed E-state index contributed by atoms with van der Waals surface area (Å²) in [6, 6.07) is -0.339. The highest BCUT2D eigenvalue weighted by molar-refractivity contribution is 5.83. The first-order chi connectivity index (χ1) is 7.61. The van der Waals surface area contributed by atoms with Crippen molar-refractivity contribution in [2.45, 2.75) is 56.6 Å². The number of rotatable bonds is 2. The van der Waals surface area contributed by atoms with Gasteiger partial charge in [0.05, 0.1) is 11.6 Å². The number of nitrogens with two attached hydrogens (primary N) is 1. The number of likely N-dealkylation sites (tertiary alicyclic amines) is 1. The van der Waals surface area contributed by atoms with Crippen molar-refractivity contribution < 1.29 is 9.90 Å². The molecule has 0 aromatic heterocycles. The molecule has 4 nitrogen and oxygen atoms in total. The Morgan fingerprint density at radius 2 is 1.94 bits per heavy atom. The molecular weight excluding hydrogens is 204 g/mol. The summed E-state index contributed by atoms with van der Waals surface area (Å²) in [6.45, 7) is 1.20. The molecule has 16 heavy (non-hydrogen) atoms. The molecule has 92 valence electrons. The van der Waals surface area contributed by atoms with Crippen LogP contribution >= 0.6 is 0 Å². The van der Waals surface area contributed by atoms with Crippen molar-refractivity contribution in [2.24, 2.45) is 5.73 Å². The van der Waals surface area contributed by atoms with Crippen LogP contribution in [0.5, 0.6) is 0 Å². The molecule has 3 N–H and O–H groups in total. The second kappa shape index (κ2) is 4.72. The zero-order valence-corrected chi connectivity index (χ0v) is 9.82. The molecule has 0 bridgehead atoms. The van der Waals surface area contributed by atoms with E-state index in [1.165, 1.54) is 12.8 Å². The molecule has 1 atom stereocenters. The molecule has 1 aliphatic carbocycles. The maximum Gasteiger partial charge on any atom is 0.239 e. The van der Waals surface area contributed by atoms with Crippen LogP contribution in [0, 0.1) is 0 Å². The summed E-state index contributed by atoms with van der Waals surface area (Å²) in [5.41, 5.74) is 5.02. The maximum absolute atomic E-state index is 11.7. The van der Waals surface area contributed by atoms with Crippen molar-refractivity contribution in [3.8, 4) is 0 Å². The van der Waals surface area contributed by atoms with Crippen molar-refractivity contribution in [3.63, 3.8) is 0 Å². The van der Waals surface area contributed by atoms with Crippen LogP contribution in [-0.4, -0.2) is 40.6 Å². The van der Waals surface area contributed by atoms with E-state index in [1.54, 1.807) is 4.90 Å². The Morgan fingerprint density at radius 1 is 1.31 bits per heavy atom. The lowest BCUT2D eigenvalue weighted by Crippen LogP contribution is -2.45. The standard InChI is InChI=1S/C12H22N2O2/c13-10-5-8-14(11(10)15)9-12(16)6-3-1-2-4-7-12/h10,16H,1-9,13H2. The van der Waals surface area contributed by atoms with Crippen LogP contribution in [0.25, 0.3) is 0 Å². The molecule has 1 saturated heterocycles. The minimum Gasteiger partial charge on any atom is -0.388 e. The molecule has 1 aliphatic heterocycles. The summed E-state index contributed by atoms with van der Waals surface area (Å²) in [4.78, 5) is 13.4. The Labute approximate surface area is 96.8 Å². The third kappa shape index (κ3) is 2.55. The summed E-state index contributed by atoms with van der Waals surface area (Å²) in [5.74, 6) is 0.0117. The number of carbonyl (C=O) groups excluding carboxylic acids is 1. The van der Waals surface area contributed by atoms with Crippen LogP contribution in [0.2, 0.25) is 0 Å². The monoisotopic (exact) mass is 226 g/mol. The van der Waals surface area contributed by atoms with Gasteiger partial charge < -0.3 is 15.7 Å². The first-order valence-corrected chi connectivity index (χ1v) is 6.37. The van der Waals surface area contributed by atoms with Gasteiger partial charge in [-0.1, -0.05) is 25.7 Å². The third-order valence-electron chi connectivity index (χ3n) is 3.86. The Balaban J connectivity index is 1.94. The summed E-state index contributed by atoms with van der Waals surface area (Å²) in [5, 5.41) is 10.5. The minimum atomic E-state index is -0.657. The van der Waals surface area contributed by atoms with E-state index in [1.807, 2.05) is 0 Å².